The highest BCUT2D eigenvalue weighted by Gasteiger charge is 2.11. The molecular formula is C13H17N3. The molecule has 84 valence electrons. The zero-order chi connectivity index (χ0) is 10.8. The van der Waals surface area contributed by atoms with Crippen molar-refractivity contribution >= 4 is 11.0 Å². The highest BCUT2D eigenvalue weighted by Crippen LogP contribution is 2.13. The molecule has 2 heterocycles. The second kappa shape index (κ2) is 4.26. The predicted molar refractivity (Wildman–Crippen MR) is 65.4 cm³/mol. The molecule has 0 spiro atoms. The quantitative estimate of drug-likeness (QED) is 0.782. The second-order valence-corrected chi connectivity index (χ2v) is 4.48. The molecule has 1 aromatic heterocycles. The van der Waals surface area contributed by atoms with E-state index in [1.807, 2.05) is 12.4 Å². The lowest BCUT2D eigenvalue weighted by molar-refractivity contribution is 0.324. The summed E-state index contributed by atoms with van der Waals surface area (Å²) in [5, 5.41) is 0. The van der Waals surface area contributed by atoms with E-state index >= 15 is 0 Å². The Bertz CT molecular complexity index is 469. The molecule has 0 atom stereocenters. The minimum absolute atomic E-state index is 1.06. The Morgan fingerprint density at radius 1 is 1.06 bits per heavy atom. The van der Waals surface area contributed by atoms with Gasteiger partial charge in [-0.25, -0.2) is 4.98 Å². The van der Waals surface area contributed by atoms with Crippen LogP contribution in [0, 0.1) is 0 Å². The van der Waals surface area contributed by atoms with Crippen LogP contribution in [0.2, 0.25) is 0 Å². The Morgan fingerprint density at radius 3 is 2.75 bits per heavy atom. The Balaban J connectivity index is 1.73. The average molecular weight is 215 g/mol. The van der Waals surface area contributed by atoms with Gasteiger partial charge in [-0.15, -0.1) is 0 Å². The summed E-state index contributed by atoms with van der Waals surface area (Å²) in [5.41, 5.74) is 2.35. The SMILES string of the molecule is c1ccc2c(c1)ncn2CCN1CCCC1. The molecule has 1 aliphatic rings. The van der Waals surface area contributed by atoms with Gasteiger partial charge in [-0.05, 0) is 38.1 Å². The standard InChI is InChI=1S/C13H17N3/c1-2-6-13-12(5-1)14-11-16(13)10-9-15-7-3-4-8-15/h1-2,5-6,11H,3-4,7-10H2. The van der Waals surface area contributed by atoms with Gasteiger partial charge in [-0.2, -0.15) is 0 Å². The molecule has 0 amide bonds. The third-order valence-corrected chi connectivity index (χ3v) is 3.38. The largest absolute Gasteiger partial charge is 0.329 e. The molecule has 16 heavy (non-hydrogen) atoms. The summed E-state index contributed by atoms with van der Waals surface area (Å²) in [6.07, 6.45) is 4.69. The summed E-state index contributed by atoms with van der Waals surface area (Å²) in [7, 11) is 0. The molecule has 0 unspecified atom stereocenters. The van der Waals surface area contributed by atoms with E-state index in [9.17, 15) is 0 Å². The maximum Gasteiger partial charge on any atom is 0.0958 e. The molecule has 1 aliphatic heterocycles. The van der Waals surface area contributed by atoms with Gasteiger partial charge in [-0.1, -0.05) is 12.1 Å². The summed E-state index contributed by atoms with van der Waals surface area (Å²) in [4.78, 5) is 6.94. The van der Waals surface area contributed by atoms with Gasteiger partial charge < -0.3 is 9.47 Å². The molecule has 2 aromatic rings. The zero-order valence-corrected chi connectivity index (χ0v) is 9.47. The average Bonchev–Trinajstić information content (AvgIpc) is 2.96. The van der Waals surface area contributed by atoms with Gasteiger partial charge in [0.25, 0.3) is 0 Å². The normalized spacial score (nSPS) is 17.2. The summed E-state index contributed by atoms with van der Waals surface area (Å²) in [5.74, 6) is 0. The topological polar surface area (TPSA) is 21.1 Å². The van der Waals surface area contributed by atoms with Crippen molar-refractivity contribution < 1.29 is 0 Å². The van der Waals surface area contributed by atoms with E-state index in [0.717, 1.165) is 18.6 Å². The lowest BCUT2D eigenvalue weighted by atomic mass is 10.3. The van der Waals surface area contributed by atoms with Crippen LogP contribution in [-0.4, -0.2) is 34.1 Å². The number of para-hydroxylation sites is 2. The number of fused-ring (bicyclic) bond motifs is 1. The lowest BCUT2D eigenvalue weighted by Crippen LogP contribution is -2.23. The Labute approximate surface area is 95.7 Å². The maximum atomic E-state index is 4.41. The predicted octanol–water partition coefficient (Wildman–Crippen LogP) is 2.13. The number of benzene rings is 1. The van der Waals surface area contributed by atoms with E-state index in [-0.39, 0.29) is 0 Å². The molecule has 0 aliphatic carbocycles. The monoisotopic (exact) mass is 215 g/mol. The molecule has 1 aromatic carbocycles. The molecule has 0 saturated carbocycles. The van der Waals surface area contributed by atoms with Crippen LogP contribution in [-0.2, 0) is 6.54 Å². The van der Waals surface area contributed by atoms with Crippen LogP contribution < -0.4 is 0 Å². The van der Waals surface area contributed by atoms with Crippen molar-refractivity contribution in [2.45, 2.75) is 19.4 Å². The van der Waals surface area contributed by atoms with Crippen LogP contribution in [0.25, 0.3) is 11.0 Å². The van der Waals surface area contributed by atoms with Crippen LogP contribution in [0.1, 0.15) is 12.8 Å². The number of aromatic nitrogens is 2. The van der Waals surface area contributed by atoms with E-state index < -0.39 is 0 Å². The first-order valence-electron chi connectivity index (χ1n) is 6.06. The van der Waals surface area contributed by atoms with Gasteiger partial charge in [-0.3, -0.25) is 0 Å². The van der Waals surface area contributed by atoms with Gasteiger partial charge in [0.2, 0.25) is 0 Å². The maximum absolute atomic E-state index is 4.41. The molecule has 1 fully saturated rings. The third kappa shape index (κ3) is 1.83. The molecule has 0 radical (unpaired) electrons. The first-order chi connectivity index (χ1) is 7.93. The summed E-state index contributed by atoms with van der Waals surface area (Å²) >= 11 is 0. The van der Waals surface area contributed by atoms with Crippen LogP contribution in [0.5, 0.6) is 0 Å². The van der Waals surface area contributed by atoms with Crippen molar-refractivity contribution in [3.8, 4) is 0 Å². The van der Waals surface area contributed by atoms with Crippen LogP contribution >= 0.6 is 0 Å². The van der Waals surface area contributed by atoms with Crippen molar-refractivity contribution in [2.75, 3.05) is 19.6 Å². The van der Waals surface area contributed by atoms with Gasteiger partial charge >= 0.3 is 0 Å². The summed E-state index contributed by atoms with van der Waals surface area (Å²) < 4.78 is 2.26. The Hall–Kier alpha value is -1.35. The molecule has 1 saturated heterocycles. The van der Waals surface area contributed by atoms with Crippen molar-refractivity contribution in [1.82, 2.24) is 14.5 Å². The number of imidazole rings is 1. The number of likely N-dealkylation sites (tertiary alicyclic amines) is 1. The lowest BCUT2D eigenvalue weighted by Gasteiger charge is -2.14. The van der Waals surface area contributed by atoms with E-state index in [1.54, 1.807) is 0 Å². The molecule has 3 heteroatoms. The molecule has 0 bridgehead atoms. The Morgan fingerprint density at radius 2 is 1.88 bits per heavy atom. The van der Waals surface area contributed by atoms with Crippen molar-refractivity contribution in [1.29, 1.82) is 0 Å². The number of hydrogen-bond acceptors (Lipinski definition) is 2. The van der Waals surface area contributed by atoms with Gasteiger partial charge in [0.1, 0.15) is 0 Å². The molecule has 3 nitrogen and oxygen atoms in total. The second-order valence-electron chi connectivity index (χ2n) is 4.48. The van der Waals surface area contributed by atoms with E-state index in [2.05, 4.69) is 32.7 Å². The summed E-state index contributed by atoms with van der Waals surface area (Å²) in [6.45, 7) is 4.75. The van der Waals surface area contributed by atoms with E-state index in [1.165, 1.54) is 31.4 Å². The fraction of sp³-hybridized carbons (Fsp3) is 0.462. The van der Waals surface area contributed by atoms with Gasteiger partial charge in [0, 0.05) is 13.1 Å². The number of rotatable bonds is 3. The first kappa shape index (κ1) is 9.85. The minimum Gasteiger partial charge on any atom is -0.329 e. The van der Waals surface area contributed by atoms with Crippen molar-refractivity contribution in [2.24, 2.45) is 0 Å². The van der Waals surface area contributed by atoms with Crippen LogP contribution in [0.4, 0.5) is 0 Å². The molecular weight excluding hydrogens is 198 g/mol. The fourth-order valence-corrected chi connectivity index (χ4v) is 2.44. The highest BCUT2D eigenvalue weighted by atomic mass is 15.2. The third-order valence-electron chi connectivity index (χ3n) is 3.38. The van der Waals surface area contributed by atoms with Gasteiger partial charge in [0.15, 0.2) is 0 Å². The van der Waals surface area contributed by atoms with Crippen LogP contribution in [0.15, 0.2) is 30.6 Å². The zero-order valence-electron chi connectivity index (χ0n) is 9.47. The number of nitrogens with zero attached hydrogens (tertiary/aromatic N) is 3. The molecule has 0 N–H and O–H groups in total. The minimum atomic E-state index is 1.06. The van der Waals surface area contributed by atoms with Crippen molar-refractivity contribution in [3.63, 3.8) is 0 Å². The number of hydrogen-bond donors (Lipinski definition) is 0. The van der Waals surface area contributed by atoms with Gasteiger partial charge in [0.05, 0.1) is 17.4 Å². The fourth-order valence-electron chi connectivity index (χ4n) is 2.44. The Kier molecular flexibility index (Phi) is 2.62. The van der Waals surface area contributed by atoms with E-state index in [0.29, 0.717) is 0 Å². The summed E-state index contributed by atoms with van der Waals surface area (Å²) in [6, 6.07) is 8.34. The first-order valence-corrected chi connectivity index (χ1v) is 6.06. The molecule has 3 rings (SSSR count). The highest BCUT2D eigenvalue weighted by molar-refractivity contribution is 5.74. The van der Waals surface area contributed by atoms with Crippen molar-refractivity contribution in [3.05, 3.63) is 30.6 Å². The van der Waals surface area contributed by atoms with E-state index in [4.69, 9.17) is 0 Å². The smallest absolute Gasteiger partial charge is 0.0958 e. The van der Waals surface area contributed by atoms with Crippen LogP contribution in [0.3, 0.4) is 0 Å².